The first-order valence-electron chi connectivity index (χ1n) is 8.69. The predicted octanol–water partition coefficient (Wildman–Crippen LogP) is 2.08. The molecule has 27 heavy (non-hydrogen) atoms. The number of carbonyl (C=O) groups is 2. The fourth-order valence-corrected chi connectivity index (χ4v) is 3.58. The SMILES string of the molecule is COc1ccccc1[C@H]1NC(=O)N(C)C2=C1C(=O)N(Cc1ccccn1)C2. The van der Waals surface area contributed by atoms with Crippen LogP contribution >= 0.6 is 0 Å². The fourth-order valence-electron chi connectivity index (χ4n) is 3.58. The van der Waals surface area contributed by atoms with Gasteiger partial charge in [0.1, 0.15) is 5.75 Å². The van der Waals surface area contributed by atoms with E-state index >= 15 is 0 Å². The van der Waals surface area contributed by atoms with Gasteiger partial charge in [-0.25, -0.2) is 4.79 Å². The van der Waals surface area contributed by atoms with Crippen LogP contribution in [-0.2, 0) is 11.3 Å². The second-order valence-electron chi connectivity index (χ2n) is 6.53. The van der Waals surface area contributed by atoms with Crippen molar-refractivity contribution in [3.8, 4) is 5.75 Å². The Morgan fingerprint density at radius 2 is 1.96 bits per heavy atom. The summed E-state index contributed by atoms with van der Waals surface area (Å²) in [5, 5.41) is 2.93. The lowest BCUT2D eigenvalue weighted by Gasteiger charge is -2.31. The van der Waals surface area contributed by atoms with E-state index in [0.717, 1.165) is 17.0 Å². The molecule has 0 bridgehead atoms. The Kier molecular flexibility index (Phi) is 4.27. The second-order valence-corrected chi connectivity index (χ2v) is 6.53. The second kappa shape index (κ2) is 6.75. The van der Waals surface area contributed by atoms with Gasteiger partial charge in [0.15, 0.2) is 0 Å². The number of nitrogens with one attached hydrogen (secondary N) is 1. The molecule has 0 fully saturated rings. The van der Waals surface area contributed by atoms with E-state index in [4.69, 9.17) is 4.74 Å². The van der Waals surface area contributed by atoms with Crippen LogP contribution < -0.4 is 10.1 Å². The van der Waals surface area contributed by atoms with E-state index in [9.17, 15) is 9.59 Å². The third-order valence-corrected chi connectivity index (χ3v) is 4.96. The lowest BCUT2D eigenvalue weighted by Crippen LogP contribution is -2.45. The van der Waals surface area contributed by atoms with Crippen LogP contribution in [-0.4, -0.2) is 47.4 Å². The van der Waals surface area contributed by atoms with E-state index < -0.39 is 6.04 Å². The molecular weight excluding hydrogens is 344 g/mol. The summed E-state index contributed by atoms with van der Waals surface area (Å²) in [6.07, 6.45) is 1.71. The number of amides is 3. The van der Waals surface area contributed by atoms with Gasteiger partial charge in [0.2, 0.25) is 0 Å². The Hall–Kier alpha value is -3.35. The molecule has 2 aromatic rings. The molecule has 0 spiro atoms. The normalized spacial score (nSPS) is 19.3. The molecule has 1 atom stereocenters. The monoisotopic (exact) mass is 364 g/mol. The Balaban J connectivity index is 1.71. The van der Waals surface area contributed by atoms with Gasteiger partial charge < -0.3 is 15.0 Å². The van der Waals surface area contributed by atoms with Crippen LogP contribution in [0.25, 0.3) is 0 Å². The lowest BCUT2D eigenvalue weighted by atomic mass is 9.95. The highest BCUT2D eigenvalue weighted by molar-refractivity contribution is 6.01. The van der Waals surface area contributed by atoms with Gasteiger partial charge in [-0.05, 0) is 18.2 Å². The van der Waals surface area contributed by atoms with Gasteiger partial charge in [-0.3, -0.25) is 14.7 Å². The Morgan fingerprint density at radius 3 is 2.70 bits per heavy atom. The van der Waals surface area contributed by atoms with E-state index in [2.05, 4.69) is 10.3 Å². The predicted molar refractivity (Wildman–Crippen MR) is 98.7 cm³/mol. The van der Waals surface area contributed by atoms with Gasteiger partial charge in [-0.2, -0.15) is 0 Å². The summed E-state index contributed by atoms with van der Waals surface area (Å²) in [5.74, 6) is 0.536. The zero-order valence-electron chi connectivity index (χ0n) is 15.2. The number of aromatic nitrogens is 1. The van der Waals surface area contributed by atoms with Crippen molar-refractivity contribution in [2.24, 2.45) is 0 Å². The van der Waals surface area contributed by atoms with Gasteiger partial charge in [0.05, 0.1) is 43.2 Å². The molecule has 4 rings (SSSR count). The highest BCUT2D eigenvalue weighted by atomic mass is 16.5. The molecule has 0 radical (unpaired) electrons. The van der Waals surface area contributed by atoms with Crippen molar-refractivity contribution >= 4 is 11.9 Å². The van der Waals surface area contributed by atoms with Gasteiger partial charge in [-0.15, -0.1) is 0 Å². The van der Waals surface area contributed by atoms with Crippen molar-refractivity contribution in [3.63, 3.8) is 0 Å². The van der Waals surface area contributed by atoms with Crippen LogP contribution in [0.3, 0.4) is 0 Å². The Labute approximate surface area is 157 Å². The number of pyridine rings is 1. The van der Waals surface area contributed by atoms with Crippen LogP contribution in [0.1, 0.15) is 17.3 Å². The minimum Gasteiger partial charge on any atom is -0.496 e. The summed E-state index contributed by atoms with van der Waals surface area (Å²) in [4.78, 5) is 33.2. The fraction of sp³-hybridized carbons (Fsp3) is 0.250. The number of nitrogens with zero attached hydrogens (tertiary/aromatic N) is 3. The van der Waals surface area contributed by atoms with Crippen molar-refractivity contribution in [2.45, 2.75) is 12.6 Å². The summed E-state index contributed by atoms with van der Waals surface area (Å²) in [5.41, 5.74) is 2.87. The average molecular weight is 364 g/mol. The van der Waals surface area contributed by atoms with Crippen LogP contribution in [0, 0.1) is 0 Å². The summed E-state index contributed by atoms with van der Waals surface area (Å²) in [7, 11) is 3.26. The molecule has 138 valence electrons. The molecule has 3 heterocycles. The summed E-state index contributed by atoms with van der Waals surface area (Å²) in [6, 6.07) is 12.3. The van der Waals surface area contributed by atoms with Crippen LogP contribution in [0.15, 0.2) is 59.9 Å². The van der Waals surface area contributed by atoms with Crippen molar-refractivity contribution in [1.29, 1.82) is 0 Å². The topological polar surface area (TPSA) is 74.8 Å². The van der Waals surface area contributed by atoms with Gasteiger partial charge in [0.25, 0.3) is 5.91 Å². The molecule has 3 amide bonds. The molecule has 0 unspecified atom stereocenters. The minimum atomic E-state index is -0.541. The molecule has 7 heteroatoms. The number of benzene rings is 1. The van der Waals surface area contributed by atoms with Crippen LogP contribution in [0.4, 0.5) is 4.79 Å². The van der Waals surface area contributed by atoms with E-state index in [1.165, 1.54) is 4.90 Å². The van der Waals surface area contributed by atoms with Crippen molar-refractivity contribution in [3.05, 3.63) is 71.2 Å². The van der Waals surface area contributed by atoms with E-state index in [-0.39, 0.29) is 11.9 Å². The minimum absolute atomic E-state index is 0.0987. The molecule has 0 saturated heterocycles. The number of ether oxygens (including phenoxy) is 1. The summed E-state index contributed by atoms with van der Waals surface area (Å²) >= 11 is 0. The number of para-hydroxylation sites is 1. The maximum Gasteiger partial charge on any atom is 0.322 e. The standard InChI is InChI=1S/C20H20N4O3/c1-23-15-12-24(11-13-7-5-6-10-21-13)19(25)17(15)18(22-20(23)26)14-8-3-4-9-16(14)27-2/h3-10,18H,11-12H2,1-2H3,(H,22,26)/t18-/m1/s1. The van der Waals surface area contributed by atoms with Crippen LogP contribution in [0.2, 0.25) is 0 Å². The number of carbonyl (C=O) groups excluding carboxylic acids is 2. The number of methoxy groups -OCH3 is 1. The molecular formula is C20H20N4O3. The van der Waals surface area contributed by atoms with Gasteiger partial charge in [-0.1, -0.05) is 24.3 Å². The molecule has 0 saturated carbocycles. The third-order valence-electron chi connectivity index (χ3n) is 4.96. The Bertz CT molecular complexity index is 926. The summed E-state index contributed by atoms with van der Waals surface area (Å²) < 4.78 is 5.44. The number of urea groups is 1. The van der Waals surface area contributed by atoms with Crippen molar-refractivity contribution in [1.82, 2.24) is 20.1 Å². The highest BCUT2D eigenvalue weighted by Gasteiger charge is 2.43. The quantitative estimate of drug-likeness (QED) is 0.901. The van der Waals surface area contributed by atoms with Gasteiger partial charge >= 0.3 is 6.03 Å². The number of hydrogen-bond donors (Lipinski definition) is 1. The summed E-state index contributed by atoms with van der Waals surface area (Å²) in [6.45, 7) is 0.771. The lowest BCUT2D eigenvalue weighted by molar-refractivity contribution is -0.126. The number of likely N-dealkylation sites (N-methyl/N-ethyl adjacent to an activating group) is 1. The van der Waals surface area contributed by atoms with Gasteiger partial charge in [0, 0.05) is 18.8 Å². The average Bonchev–Trinajstić information content (AvgIpc) is 3.02. The first-order chi connectivity index (χ1) is 13.1. The van der Waals surface area contributed by atoms with E-state index in [1.54, 1.807) is 25.3 Å². The molecule has 2 aliphatic rings. The zero-order chi connectivity index (χ0) is 19.0. The van der Waals surface area contributed by atoms with E-state index in [0.29, 0.717) is 24.4 Å². The molecule has 2 aliphatic heterocycles. The van der Waals surface area contributed by atoms with E-state index in [1.807, 2.05) is 42.5 Å². The molecule has 7 nitrogen and oxygen atoms in total. The largest absolute Gasteiger partial charge is 0.496 e. The number of hydrogen-bond acceptors (Lipinski definition) is 4. The third kappa shape index (κ3) is 2.91. The molecule has 1 aromatic heterocycles. The van der Waals surface area contributed by atoms with Crippen molar-refractivity contribution in [2.75, 3.05) is 20.7 Å². The zero-order valence-corrected chi connectivity index (χ0v) is 15.2. The first-order valence-corrected chi connectivity index (χ1v) is 8.69. The number of rotatable bonds is 4. The maximum absolute atomic E-state index is 13.2. The highest BCUT2D eigenvalue weighted by Crippen LogP contribution is 2.39. The smallest absolute Gasteiger partial charge is 0.322 e. The van der Waals surface area contributed by atoms with Crippen molar-refractivity contribution < 1.29 is 14.3 Å². The molecule has 1 aromatic carbocycles. The first kappa shape index (κ1) is 17.1. The molecule has 0 aliphatic carbocycles. The maximum atomic E-state index is 13.2. The van der Waals surface area contributed by atoms with Crippen LogP contribution in [0.5, 0.6) is 5.75 Å². The molecule has 1 N–H and O–H groups in total. The Morgan fingerprint density at radius 1 is 1.19 bits per heavy atom.